The van der Waals surface area contributed by atoms with E-state index in [1.807, 2.05) is 32.0 Å². The minimum absolute atomic E-state index is 0.00903. The van der Waals surface area contributed by atoms with Crippen molar-refractivity contribution in [1.29, 1.82) is 5.26 Å². The van der Waals surface area contributed by atoms with Crippen molar-refractivity contribution in [3.63, 3.8) is 0 Å². The lowest BCUT2D eigenvalue weighted by atomic mass is 10.1. The normalized spacial score (nSPS) is 10.8. The summed E-state index contributed by atoms with van der Waals surface area (Å²) in [6.45, 7) is 4.04. The summed E-state index contributed by atoms with van der Waals surface area (Å²) in [4.78, 5) is 23.0. The summed E-state index contributed by atoms with van der Waals surface area (Å²) in [5.41, 5.74) is 4.00. The van der Waals surface area contributed by atoms with Crippen LogP contribution in [0, 0.1) is 35.3 Å². The van der Waals surface area contributed by atoms with Crippen molar-refractivity contribution in [3.05, 3.63) is 105 Å². The minimum Gasteiger partial charge on any atom is -0.489 e. The van der Waals surface area contributed by atoms with Gasteiger partial charge in [0.2, 0.25) is 0 Å². The highest BCUT2D eigenvalue weighted by Gasteiger charge is 2.12. The molecule has 0 aliphatic rings. The van der Waals surface area contributed by atoms with E-state index in [4.69, 9.17) is 4.74 Å². The highest BCUT2D eigenvalue weighted by atomic mass is 16.6. The summed E-state index contributed by atoms with van der Waals surface area (Å²) < 4.78 is 5.68. The van der Waals surface area contributed by atoms with E-state index in [0.717, 1.165) is 11.1 Å². The smallest absolute Gasteiger partial charge is 0.269 e. The molecule has 7 nitrogen and oxygen atoms in total. The molecule has 1 amide bonds. The first-order valence-corrected chi connectivity index (χ1v) is 9.83. The maximum atomic E-state index is 12.5. The molecular formula is C25H21N3O4. The van der Waals surface area contributed by atoms with Gasteiger partial charge in [0.15, 0.2) is 0 Å². The van der Waals surface area contributed by atoms with Crippen molar-refractivity contribution in [2.45, 2.75) is 20.5 Å². The third-order valence-corrected chi connectivity index (χ3v) is 4.94. The molecule has 3 aromatic rings. The van der Waals surface area contributed by atoms with E-state index >= 15 is 0 Å². The van der Waals surface area contributed by atoms with Crippen LogP contribution in [0.2, 0.25) is 0 Å². The standard InChI is InChI=1S/C25H21N3O4/c1-17-5-3-8-24(18(17)2)27-25(29)21(15-26)13-19-9-11-23(12-10-19)32-16-20-6-4-7-22(14-20)28(30)31/h3-14H,16H2,1-2H3,(H,27,29)/b21-13+. The highest BCUT2D eigenvalue weighted by Crippen LogP contribution is 2.21. The van der Waals surface area contributed by atoms with E-state index in [0.29, 0.717) is 22.6 Å². The van der Waals surface area contributed by atoms with Crippen LogP contribution in [0.25, 0.3) is 6.08 Å². The number of rotatable bonds is 7. The maximum Gasteiger partial charge on any atom is 0.269 e. The van der Waals surface area contributed by atoms with Crippen LogP contribution in [0.1, 0.15) is 22.3 Å². The van der Waals surface area contributed by atoms with Crippen molar-refractivity contribution in [1.82, 2.24) is 0 Å². The molecule has 3 aromatic carbocycles. The van der Waals surface area contributed by atoms with Crippen LogP contribution >= 0.6 is 0 Å². The molecule has 0 aliphatic carbocycles. The van der Waals surface area contributed by atoms with Crippen molar-refractivity contribution in [3.8, 4) is 11.8 Å². The number of nitro groups is 1. The molecule has 0 radical (unpaired) electrons. The molecule has 0 saturated carbocycles. The van der Waals surface area contributed by atoms with Gasteiger partial charge in [-0.3, -0.25) is 14.9 Å². The average molecular weight is 427 g/mol. The number of amides is 1. The van der Waals surface area contributed by atoms with Gasteiger partial charge in [0.25, 0.3) is 11.6 Å². The summed E-state index contributed by atoms with van der Waals surface area (Å²) in [7, 11) is 0. The number of nitrogens with one attached hydrogen (secondary N) is 1. The molecule has 0 bridgehead atoms. The molecule has 0 unspecified atom stereocenters. The van der Waals surface area contributed by atoms with Gasteiger partial charge in [-0.25, -0.2) is 0 Å². The Morgan fingerprint density at radius 2 is 1.84 bits per heavy atom. The molecule has 0 saturated heterocycles. The Labute approximate surface area is 185 Å². The predicted octanol–water partition coefficient (Wildman–Crippen LogP) is 5.34. The molecule has 0 heterocycles. The van der Waals surface area contributed by atoms with Gasteiger partial charge in [0.05, 0.1) is 4.92 Å². The fourth-order valence-electron chi connectivity index (χ4n) is 2.98. The number of hydrogen-bond donors (Lipinski definition) is 1. The van der Waals surface area contributed by atoms with Crippen molar-refractivity contribution in [2.75, 3.05) is 5.32 Å². The predicted molar refractivity (Wildman–Crippen MR) is 122 cm³/mol. The van der Waals surface area contributed by atoms with Gasteiger partial charge in [-0.1, -0.05) is 36.4 Å². The summed E-state index contributed by atoms with van der Waals surface area (Å²) in [5, 5.41) is 23.1. The third kappa shape index (κ3) is 5.58. The van der Waals surface area contributed by atoms with Gasteiger partial charge in [0, 0.05) is 17.8 Å². The van der Waals surface area contributed by atoms with Gasteiger partial charge in [-0.2, -0.15) is 5.26 Å². The van der Waals surface area contributed by atoms with Gasteiger partial charge < -0.3 is 10.1 Å². The minimum atomic E-state index is -0.479. The number of carbonyl (C=O) groups is 1. The molecule has 3 rings (SSSR count). The number of non-ortho nitro benzene ring substituents is 1. The van der Waals surface area contributed by atoms with Crippen LogP contribution in [-0.4, -0.2) is 10.8 Å². The Hall–Kier alpha value is -4.44. The van der Waals surface area contributed by atoms with Crippen LogP contribution in [0.4, 0.5) is 11.4 Å². The Morgan fingerprint density at radius 3 is 2.53 bits per heavy atom. The molecule has 7 heteroatoms. The Morgan fingerprint density at radius 1 is 1.12 bits per heavy atom. The molecule has 0 spiro atoms. The largest absolute Gasteiger partial charge is 0.489 e. The second-order valence-corrected chi connectivity index (χ2v) is 7.16. The zero-order valence-electron chi connectivity index (χ0n) is 17.7. The first-order valence-electron chi connectivity index (χ1n) is 9.83. The zero-order valence-corrected chi connectivity index (χ0v) is 17.7. The quantitative estimate of drug-likeness (QED) is 0.237. The SMILES string of the molecule is Cc1cccc(NC(=O)/C(C#N)=C/c2ccc(OCc3cccc([N+](=O)[O-])c3)cc2)c1C. The number of nitriles is 1. The summed E-state index contributed by atoms with van der Waals surface area (Å²) in [6, 6.07) is 20.7. The number of nitro benzene ring substituents is 1. The molecule has 0 aromatic heterocycles. The van der Waals surface area contributed by atoms with Crippen molar-refractivity contribution in [2.24, 2.45) is 0 Å². The number of nitrogens with zero attached hydrogens (tertiary/aromatic N) is 2. The average Bonchev–Trinajstić information content (AvgIpc) is 2.80. The first kappa shape index (κ1) is 22.2. The van der Waals surface area contributed by atoms with Gasteiger partial charge in [-0.15, -0.1) is 0 Å². The van der Waals surface area contributed by atoms with Gasteiger partial charge in [-0.05, 0) is 60.4 Å². The Bertz CT molecular complexity index is 1220. The van der Waals surface area contributed by atoms with Crippen molar-refractivity contribution < 1.29 is 14.5 Å². The van der Waals surface area contributed by atoms with Gasteiger partial charge >= 0.3 is 0 Å². The molecule has 0 fully saturated rings. The number of anilines is 1. The fourth-order valence-corrected chi connectivity index (χ4v) is 2.98. The second-order valence-electron chi connectivity index (χ2n) is 7.16. The number of carbonyl (C=O) groups excluding carboxylic acids is 1. The van der Waals surface area contributed by atoms with Crippen LogP contribution in [0.5, 0.6) is 5.75 Å². The van der Waals surface area contributed by atoms with Crippen LogP contribution in [0.15, 0.2) is 72.3 Å². The van der Waals surface area contributed by atoms with Crippen LogP contribution in [0.3, 0.4) is 0 Å². The summed E-state index contributed by atoms with van der Waals surface area (Å²) in [6.07, 6.45) is 1.50. The fraction of sp³-hybridized carbons (Fsp3) is 0.120. The van der Waals surface area contributed by atoms with E-state index in [1.165, 1.54) is 18.2 Å². The van der Waals surface area contributed by atoms with E-state index in [-0.39, 0.29) is 17.9 Å². The second kappa shape index (κ2) is 10.0. The van der Waals surface area contributed by atoms with Crippen LogP contribution in [-0.2, 0) is 11.4 Å². The Balaban J connectivity index is 1.67. The monoisotopic (exact) mass is 427 g/mol. The van der Waals surface area contributed by atoms with Crippen molar-refractivity contribution >= 4 is 23.4 Å². The molecule has 0 atom stereocenters. The zero-order chi connectivity index (χ0) is 23.1. The van der Waals surface area contributed by atoms with E-state index in [2.05, 4.69) is 5.32 Å². The topological polar surface area (TPSA) is 105 Å². The van der Waals surface area contributed by atoms with E-state index < -0.39 is 10.8 Å². The highest BCUT2D eigenvalue weighted by molar-refractivity contribution is 6.10. The number of ether oxygens (including phenoxy) is 1. The van der Waals surface area contributed by atoms with Gasteiger partial charge in [0.1, 0.15) is 24.0 Å². The molecule has 0 aliphatic heterocycles. The lowest BCUT2D eigenvalue weighted by molar-refractivity contribution is -0.384. The van der Waals surface area contributed by atoms with E-state index in [1.54, 1.807) is 42.5 Å². The van der Waals surface area contributed by atoms with E-state index in [9.17, 15) is 20.2 Å². The maximum absolute atomic E-state index is 12.5. The summed E-state index contributed by atoms with van der Waals surface area (Å²) in [5.74, 6) is 0.0826. The molecule has 32 heavy (non-hydrogen) atoms. The number of hydrogen-bond acceptors (Lipinski definition) is 5. The lowest BCUT2D eigenvalue weighted by Gasteiger charge is -2.10. The van der Waals surface area contributed by atoms with Crippen LogP contribution < -0.4 is 10.1 Å². The molecular weight excluding hydrogens is 406 g/mol. The third-order valence-electron chi connectivity index (χ3n) is 4.94. The number of aryl methyl sites for hydroxylation is 1. The lowest BCUT2D eigenvalue weighted by Crippen LogP contribution is -2.14. The molecule has 160 valence electrons. The Kier molecular flexibility index (Phi) is 6.99. The summed E-state index contributed by atoms with van der Waals surface area (Å²) >= 11 is 0. The first-order chi connectivity index (χ1) is 15.4. The molecule has 1 N–H and O–H groups in total. The number of benzene rings is 3.